The summed E-state index contributed by atoms with van der Waals surface area (Å²) in [5.74, 6) is 0.840. The average molecular weight is 268 g/mol. The Morgan fingerprint density at radius 1 is 1.56 bits per heavy atom. The van der Waals surface area contributed by atoms with Gasteiger partial charge in [-0.05, 0) is 19.1 Å². The van der Waals surface area contributed by atoms with Crippen LogP contribution in [0.5, 0.6) is 5.75 Å². The normalized spacial score (nSPS) is 19.1. The second kappa shape index (κ2) is 4.86. The molecule has 1 unspecified atom stereocenters. The first kappa shape index (κ1) is 12.7. The van der Waals surface area contributed by atoms with E-state index in [0.717, 1.165) is 0 Å². The minimum absolute atomic E-state index is 0.244. The molecule has 1 atom stereocenters. The molecule has 2 N–H and O–H groups in total. The number of hydrogen-bond donors (Lipinski definition) is 1. The summed E-state index contributed by atoms with van der Waals surface area (Å²) >= 11 is 6.19. The summed E-state index contributed by atoms with van der Waals surface area (Å²) < 4.78 is 5.28. The van der Waals surface area contributed by atoms with Gasteiger partial charge in [-0.1, -0.05) is 17.7 Å². The molecule has 5 nitrogen and oxygen atoms in total. The van der Waals surface area contributed by atoms with Crippen molar-refractivity contribution in [1.29, 1.82) is 0 Å². The Morgan fingerprint density at radius 2 is 2.28 bits per heavy atom. The summed E-state index contributed by atoms with van der Waals surface area (Å²) in [6, 6.07) is 4.51. The van der Waals surface area contributed by atoms with Crippen molar-refractivity contribution >= 4 is 23.5 Å². The zero-order valence-electron chi connectivity index (χ0n) is 10.2. The number of methoxy groups -OCH3 is 1. The van der Waals surface area contributed by atoms with Crippen LogP contribution in [0.4, 0.5) is 4.79 Å². The summed E-state index contributed by atoms with van der Waals surface area (Å²) in [5.41, 5.74) is 6.51. The molecule has 0 saturated carbocycles. The quantitative estimate of drug-likeness (QED) is 0.913. The lowest BCUT2D eigenvalue weighted by molar-refractivity contribution is 0.209. The monoisotopic (exact) mass is 267 g/mol. The fraction of sp³-hybridized carbons (Fsp3) is 0.333. The number of nitrogens with two attached hydrogens (primary N) is 1. The number of likely N-dealkylation sites (N-methyl/N-ethyl adjacent to an activating group) is 1. The van der Waals surface area contributed by atoms with Gasteiger partial charge in [0.15, 0.2) is 0 Å². The first-order chi connectivity index (χ1) is 8.60. The fourth-order valence-electron chi connectivity index (χ4n) is 2.09. The van der Waals surface area contributed by atoms with Gasteiger partial charge in [0, 0.05) is 12.1 Å². The van der Waals surface area contributed by atoms with Gasteiger partial charge in [0.25, 0.3) is 0 Å². The molecular weight excluding hydrogens is 254 g/mol. The van der Waals surface area contributed by atoms with Crippen molar-refractivity contribution in [2.24, 2.45) is 10.7 Å². The van der Waals surface area contributed by atoms with Crippen LogP contribution in [0.2, 0.25) is 5.02 Å². The lowest BCUT2D eigenvalue weighted by Crippen LogP contribution is -2.33. The van der Waals surface area contributed by atoms with Crippen LogP contribution in [0, 0.1) is 0 Å². The second-order valence-corrected chi connectivity index (χ2v) is 4.27. The third-order valence-corrected chi connectivity index (χ3v) is 3.24. The molecule has 0 aliphatic carbocycles. The maximum Gasteiger partial charge on any atom is 0.346 e. The molecule has 96 valence electrons. The number of halogens is 1. The van der Waals surface area contributed by atoms with Crippen molar-refractivity contribution in [1.82, 2.24) is 4.90 Å². The third kappa shape index (κ3) is 1.90. The smallest absolute Gasteiger partial charge is 0.346 e. The highest BCUT2D eigenvalue weighted by atomic mass is 35.5. The molecule has 1 aromatic rings. The highest BCUT2D eigenvalue weighted by Crippen LogP contribution is 2.37. The van der Waals surface area contributed by atoms with Gasteiger partial charge in [-0.15, -0.1) is 0 Å². The predicted molar refractivity (Wildman–Crippen MR) is 70.1 cm³/mol. The molecular formula is C12H14ClN3O2. The first-order valence-electron chi connectivity index (χ1n) is 5.57. The Balaban J connectivity index is 2.54. The minimum Gasteiger partial charge on any atom is -0.496 e. The molecule has 0 saturated heterocycles. The van der Waals surface area contributed by atoms with Crippen LogP contribution < -0.4 is 10.5 Å². The van der Waals surface area contributed by atoms with Crippen molar-refractivity contribution in [2.75, 3.05) is 13.7 Å². The summed E-state index contributed by atoms with van der Waals surface area (Å²) in [6.45, 7) is 2.37. The van der Waals surface area contributed by atoms with Gasteiger partial charge in [0.05, 0.1) is 12.1 Å². The summed E-state index contributed by atoms with van der Waals surface area (Å²) in [6.07, 6.45) is 0. The van der Waals surface area contributed by atoms with Gasteiger partial charge in [-0.3, -0.25) is 0 Å². The van der Waals surface area contributed by atoms with E-state index in [1.807, 2.05) is 6.92 Å². The van der Waals surface area contributed by atoms with Gasteiger partial charge >= 0.3 is 6.03 Å². The standard InChI is InChI=1S/C12H14ClN3O2/c1-3-16-10(11(14)15-12(16)17)9-7(13)5-4-6-8(9)18-2/h4-6,10H,3H2,1-2H3,(H2,14,15,17). The number of amides is 2. The van der Waals surface area contributed by atoms with Gasteiger partial charge < -0.3 is 15.4 Å². The molecule has 0 spiro atoms. The number of rotatable bonds is 3. The van der Waals surface area contributed by atoms with E-state index in [9.17, 15) is 4.79 Å². The van der Waals surface area contributed by atoms with E-state index in [-0.39, 0.29) is 11.9 Å². The molecule has 2 rings (SSSR count). The Labute approximate surface area is 110 Å². The van der Waals surface area contributed by atoms with E-state index in [1.54, 1.807) is 30.2 Å². The predicted octanol–water partition coefficient (Wildman–Crippen LogP) is 2.20. The number of benzene rings is 1. The topological polar surface area (TPSA) is 67.9 Å². The van der Waals surface area contributed by atoms with Crippen molar-refractivity contribution < 1.29 is 9.53 Å². The average Bonchev–Trinajstić information content (AvgIpc) is 2.63. The van der Waals surface area contributed by atoms with E-state index in [2.05, 4.69) is 4.99 Å². The number of amidine groups is 1. The Hall–Kier alpha value is -1.75. The second-order valence-electron chi connectivity index (χ2n) is 3.86. The lowest BCUT2D eigenvalue weighted by atomic mass is 10.0. The number of urea groups is 1. The van der Waals surface area contributed by atoms with Gasteiger partial charge in [0.2, 0.25) is 0 Å². The number of aliphatic imine (C=N–C) groups is 1. The van der Waals surface area contributed by atoms with Crippen LogP contribution in [-0.4, -0.2) is 30.4 Å². The molecule has 18 heavy (non-hydrogen) atoms. The minimum atomic E-state index is -0.453. The van der Waals surface area contributed by atoms with Crippen LogP contribution in [0.1, 0.15) is 18.5 Å². The van der Waals surface area contributed by atoms with E-state index in [4.69, 9.17) is 22.1 Å². The number of carbonyl (C=O) groups excluding carboxylic acids is 1. The van der Waals surface area contributed by atoms with Gasteiger partial charge in [0.1, 0.15) is 17.6 Å². The molecule has 0 bridgehead atoms. The first-order valence-corrected chi connectivity index (χ1v) is 5.95. The summed E-state index contributed by atoms with van der Waals surface area (Å²) in [5, 5.41) is 0.505. The summed E-state index contributed by atoms with van der Waals surface area (Å²) in [4.78, 5) is 17.0. The van der Waals surface area contributed by atoms with Crippen molar-refractivity contribution in [3.05, 3.63) is 28.8 Å². The zero-order chi connectivity index (χ0) is 13.3. The van der Waals surface area contributed by atoms with Gasteiger partial charge in [-0.25, -0.2) is 4.79 Å². The molecule has 2 amide bonds. The Morgan fingerprint density at radius 3 is 2.89 bits per heavy atom. The van der Waals surface area contributed by atoms with Crippen LogP contribution in [-0.2, 0) is 0 Å². The van der Waals surface area contributed by atoms with Crippen LogP contribution in [0.25, 0.3) is 0 Å². The van der Waals surface area contributed by atoms with Crippen LogP contribution in [0.15, 0.2) is 23.2 Å². The fourth-order valence-corrected chi connectivity index (χ4v) is 2.36. The SMILES string of the molecule is CCN1C(=O)N=C(N)C1c1c(Cl)cccc1OC. The lowest BCUT2D eigenvalue weighted by Gasteiger charge is -2.25. The highest BCUT2D eigenvalue weighted by molar-refractivity contribution is 6.32. The molecule has 1 aliphatic rings. The third-order valence-electron chi connectivity index (χ3n) is 2.91. The van der Waals surface area contributed by atoms with Crippen molar-refractivity contribution in [2.45, 2.75) is 13.0 Å². The summed E-state index contributed by atoms with van der Waals surface area (Å²) in [7, 11) is 1.55. The van der Waals surface area contributed by atoms with Crippen molar-refractivity contribution in [3.8, 4) is 5.75 Å². The highest BCUT2D eigenvalue weighted by Gasteiger charge is 2.36. The van der Waals surface area contributed by atoms with Crippen LogP contribution >= 0.6 is 11.6 Å². The number of hydrogen-bond acceptors (Lipinski definition) is 3. The van der Waals surface area contributed by atoms with Gasteiger partial charge in [-0.2, -0.15) is 4.99 Å². The number of ether oxygens (including phenoxy) is 1. The molecule has 0 aromatic heterocycles. The van der Waals surface area contributed by atoms with Crippen molar-refractivity contribution in [3.63, 3.8) is 0 Å². The molecule has 0 fully saturated rings. The maximum absolute atomic E-state index is 11.7. The Kier molecular flexibility index (Phi) is 3.43. The molecule has 0 radical (unpaired) electrons. The molecule has 6 heteroatoms. The largest absolute Gasteiger partial charge is 0.496 e. The zero-order valence-corrected chi connectivity index (χ0v) is 10.9. The van der Waals surface area contributed by atoms with E-state index in [1.165, 1.54) is 0 Å². The van der Waals surface area contributed by atoms with E-state index in [0.29, 0.717) is 22.9 Å². The molecule has 1 aromatic carbocycles. The van der Waals surface area contributed by atoms with Crippen LogP contribution in [0.3, 0.4) is 0 Å². The van der Waals surface area contributed by atoms with E-state index >= 15 is 0 Å². The molecule has 1 aliphatic heterocycles. The number of carbonyl (C=O) groups is 1. The maximum atomic E-state index is 11.7. The molecule has 1 heterocycles. The van der Waals surface area contributed by atoms with E-state index < -0.39 is 6.04 Å². The number of nitrogens with zero attached hydrogens (tertiary/aromatic N) is 2. The Bertz CT molecular complexity index is 516.